The van der Waals surface area contributed by atoms with Crippen LogP contribution in [0.2, 0.25) is 0 Å². The summed E-state index contributed by atoms with van der Waals surface area (Å²) in [7, 11) is 0. The Balaban J connectivity index is 2.76. The topological polar surface area (TPSA) is 63.3 Å². The van der Waals surface area contributed by atoms with E-state index in [4.69, 9.17) is 10.8 Å². The molecule has 0 aliphatic rings. The van der Waals surface area contributed by atoms with Crippen LogP contribution in [0.3, 0.4) is 0 Å². The van der Waals surface area contributed by atoms with Crippen LogP contribution < -0.4 is 5.73 Å². The molecule has 1 aromatic rings. The summed E-state index contributed by atoms with van der Waals surface area (Å²) in [5.41, 5.74) is 5.69. The van der Waals surface area contributed by atoms with Crippen molar-refractivity contribution in [2.45, 2.75) is 26.2 Å². The number of carboxylic acid groups (broad SMARTS) is 1. The number of rotatable bonds is 7. The first kappa shape index (κ1) is 15.6. The van der Waals surface area contributed by atoms with Crippen molar-refractivity contribution in [3.05, 3.63) is 35.4 Å². The van der Waals surface area contributed by atoms with Crippen molar-refractivity contribution in [2.24, 2.45) is 17.6 Å². The van der Waals surface area contributed by atoms with E-state index < -0.39 is 23.5 Å². The summed E-state index contributed by atoms with van der Waals surface area (Å²) in [5.74, 6) is -3.33. The van der Waals surface area contributed by atoms with Gasteiger partial charge in [0.1, 0.15) is 0 Å². The van der Waals surface area contributed by atoms with E-state index in [-0.39, 0.29) is 18.0 Å². The summed E-state index contributed by atoms with van der Waals surface area (Å²) >= 11 is 0. The van der Waals surface area contributed by atoms with Crippen molar-refractivity contribution in [1.29, 1.82) is 0 Å². The number of halogens is 2. The molecule has 0 aliphatic heterocycles. The predicted octanol–water partition coefficient (Wildman–Crippen LogP) is 2.58. The molecule has 0 aliphatic carbocycles. The van der Waals surface area contributed by atoms with Crippen LogP contribution in [0.5, 0.6) is 0 Å². The highest BCUT2D eigenvalue weighted by atomic mass is 19.2. The van der Waals surface area contributed by atoms with E-state index in [0.29, 0.717) is 19.3 Å². The van der Waals surface area contributed by atoms with Crippen LogP contribution in [0.1, 0.15) is 25.3 Å². The van der Waals surface area contributed by atoms with Gasteiger partial charge in [0.05, 0.1) is 5.92 Å². The van der Waals surface area contributed by atoms with E-state index in [0.717, 1.165) is 6.07 Å². The monoisotopic (exact) mass is 271 g/mol. The van der Waals surface area contributed by atoms with Crippen LogP contribution in [0.25, 0.3) is 0 Å². The van der Waals surface area contributed by atoms with Gasteiger partial charge in [-0.15, -0.1) is 0 Å². The molecule has 2 unspecified atom stereocenters. The Bertz CT molecular complexity index is 437. The highest BCUT2D eigenvalue weighted by Crippen LogP contribution is 2.23. The molecule has 19 heavy (non-hydrogen) atoms. The van der Waals surface area contributed by atoms with Gasteiger partial charge >= 0.3 is 5.97 Å². The second-order valence-electron chi connectivity index (χ2n) is 4.70. The molecule has 3 N–H and O–H groups in total. The van der Waals surface area contributed by atoms with Gasteiger partial charge in [-0.05, 0) is 30.4 Å². The molecule has 0 amide bonds. The number of carbonyl (C=O) groups is 1. The van der Waals surface area contributed by atoms with E-state index in [2.05, 4.69) is 0 Å². The van der Waals surface area contributed by atoms with Gasteiger partial charge in [0, 0.05) is 6.54 Å². The smallest absolute Gasteiger partial charge is 0.307 e. The highest BCUT2D eigenvalue weighted by molar-refractivity contribution is 5.70. The summed E-state index contributed by atoms with van der Waals surface area (Å²) in [6.07, 6.45) is 1.39. The largest absolute Gasteiger partial charge is 0.481 e. The molecule has 0 aromatic heterocycles. The third-order valence-electron chi connectivity index (χ3n) is 3.37. The fourth-order valence-electron chi connectivity index (χ4n) is 2.11. The third kappa shape index (κ3) is 4.28. The van der Waals surface area contributed by atoms with E-state index in [9.17, 15) is 13.6 Å². The normalized spacial score (nSPS) is 14.1. The minimum absolute atomic E-state index is 0.0269. The second-order valence-corrected chi connectivity index (χ2v) is 4.70. The molecular formula is C14H19F2NO2. The Kier molecular flexibility index (Phi) is 5.89. The molecule has 0 spiro atoms. The zero-order chi connectivity index (χ0) is 14.4. The lowest BCUT2D eigenvalue weighted by molar-refractivity contribution is -0.142. The van der Waals surface area contributed by atoms with Crippen molar-refractivity contribution in [1.82, 2.24) is 0 Å². The molecule has 0 fully saturated rings. The van der Waals surface area contributed by atoms with Gasteiger partial charge < -0.3 is 10.8 Å². The molecule has 0 radical (unpaired) electrons. The SMILES string of the molecule is CCC(Cc1cccc(F)c1F)CC(CN)C(=O)O. The maximum atomic E-state index is 13.6. The third-order valence-corrected chi connectivity index (χ3v) is 3.37. The zero-order valence-electron chi connectivity index (χ0n) is 10.9. The Hall–Kier alpha value is -1.49. The average molecular weight is 271 g/mol. The van der Waals surface area contributed by atoms with E-state index in [1.807, 2.05) is 6.92 Å². The Morgan fingerprint density at radius 3 is 2.63 bits per heavy atom. The lowest BCUT2D eigenvalue weighted by Crippen LogP contribution is -2.26. The number of hydrogen-bond acceptors (Lipinski definition) is 2. The maximum Gasteiger partial charge on any atom is 0.307 e. The van der Waals surface area contributed by atoms with Gasteiger partial charge in [-0.3, -0.25) is 4.79 Å². The maximum absolute atomic E-state index is 13.6. The molecule has 1 rings (SSSR count). The standard InChI is InChI=1S/C14H19F2NO2/c1-2-9(7-11(8-17)14(18)19)6-10-4-3-5-12(15)13(10)16/h3-5,9,11H,2,6-8,17H2,1H3,(H,18,19). The number of aliphatic carboxylic acids is 1. The first-order valence-corrected chi connectivity index (χ1v) is 6.35. The fraction of sp³-hybridized carbons (Fsp3) is 0.500. The predicted molar refractivity (Wildman–Crippen MR) is 68.6 cm³/mol. The van der Waals surface area contributed by atoms with Crippen LogP contribution in [-0.2, 0) is 11.2 Å². The van der Waals surface area contributed by atoms with Crippen molar-refractivity contribution in [2.75, 3.05) is 6.54 Å². The molecular weight excluding hydrogens is 252 g/mol. The van der Waals surface area contributed by atoms with Gasteiger partial charge in [0.25, 0.3) is 0 Å². The molecule has 0 heterocycles. The average Bonchev–Trinajstić information content (AvgIpc) is 2.38. The second kappa shape index (κ2) is 7.19. The minimum atomic E-state index is -0.944. The van der Waals surface area contributed by atoms with Crippen molar-refractivity contribution >= 4 is 5.97 Å². The van der Waals surface area contributed by atoms with Crippen LogP contribution in [0, 0.1) is 23.5 Å². The zero-order valence-corrected chi connectivity index (χ0v) is 10.9. The quantitative estimate of drug-likeness (QED) is 0.801. The summed E-state index contributed by atoms with van der Waals surface area (Å²) in [4.78, 5) is 10.9. The first-order valence-electron chi connectivity index (χ1n) is 6.35. The van der Waals surface area contributed by atoms with Crippen molar-refractivity contribution < 1.29 is 18.7 Å². The molecule has 1 aromatic carbocycles. The Morgan fingerprint density at radius 2 is 2.11 bits per heavy atom. The molecule has 106 valence electrons. The lowest BCUT2D eigenvalue weighted by atomic mass is 9.87. The van der Waals surface area contributed by atoms with Crippen molar-refractivity contribution in [3.63, 3.8) is 0 Å². The molecule has 5 heteroatoms. The molecule has 0 bridgehead atoms. The van der Waals surface area contributed by atoms with Crippen LogP contribution >= 0.6 is 0 Å². The summed E-state index contributed by atoms with van der Waals surface area (Å²) in [6, 6.07) is 4.05. The van der Waals surface area contributed by atoms with E-state index in [1.165, 1.54) is 12.1 Å². The molecule has 3 nitrogen and oxygen atoms in total. The number of hydrogen-bond donors (Lipinski definition) is 2. The molecule has 0 saturated heterocycles. The lowest BCUT2D eigenvalue weighted by Gasteiger charge is -2.19. The number of nitrogens with two attached hydrogens (primary N) is 1. The Morgan fingerprint density at radius 1 is 1.42 bits per heavy atom. The summed E-state index contributed by atoms with van der Waals surface area (Å²) in [5, 5.41) is 8.97. The van der Waals surface area contributed by atoms with Crippen LogP contribution in [0.15, 0.2) is 18.2 Å². The van der Waals surface area contributed by atoms with Gasteiger partial charge in [0.2, 0.25) is 0 Å². The van der Waals surface area contributed by atoms with E-state index >= 15 is 0 Å². The van der Waals surface area contributed by atoms with E-state index in [1.54, 1.807) is 0 Å². The minimum Gasteiger partial charge on any atom is -0.481 e. The number of carboxylic acids is 1. The summed E-state index contributed by atoms with van der Waals surface area (Å²) < 4.78 is 26.7. The summed E-state index contributed by atoms with van der Waals surface area (Å²) in [6.45, 7) is 1.95. The van der Waals surface area contributed by atoms with Gasteiger partial charge in [-0.2, -0.15) is 0 Å². The highest BCUT2D eigenvalue weighted by Gasteiger charge is 2.21. The number of benzene rings is 1. The Labute approximate surface area is 111 Å². The fourth-order valence-corrected chi connectivity index (χ4v) is 2.11. The molecule has 0 saturated carbocycles. The van der Waals surface area contributed by atoms with Gasteiger partial charge in [0.15, 0.2) is 11.6 Å². The molecule has 2 atom stereocenters. The van der Waals surface area contributed by atoms with Crippen molar-refractivity contribution in [3.8, 4) is 0 Å². The van der Waals surface area contributed by atoms with Gasteiger partial charge in [-0.25, -0.2) is 8.78 Å². The van der Waals surface area contributed by atoms with Gasteiger partial charge in [-0.1, -0.05) is 25.5 Å². The first-order chi connectivity index (χ1) is 8.99. The van der Waals surface area contributed by atoms with Crippen LogP contribution in [0.4, 0.5) is 8.78 Å². The van der Waals surface area contributed by atoms with Crippen LogP contribution in [-0.4, -0.2) is 17.6 Å².